The first-order valence-corrected chi connectivity index (χ1v) is 11.3. The van der Waals surface area contributed by atoms with Crippen LogP contribution in [0.15, 0.2) is 80.8 Å². The second kappa shape index (κ2) is 7.61. The first-order chi connectivity index (χ1) is 15.4. The molecule has 5 aromatic rings. The van der Waals surface area contributed by atoms with E-state index in [2.05, 4.69) is 19.8 Å². The summed E-state index contributed by atoms with van der Waals surface area (Å²) in [6.07, 6.45) is 3.29. The van der Waals surface area contributed by atoms with Gasteiger partial charge >= 0.3 is 0 Å². The third kappa shape index (κ3) is 3.63. The molecular formula is C23H18N4O4S. The summed E-state index contributed by atoms with van der Waals surface area (Å²) < 4.78 is 39.8. The van der Waals surface area contributed by atoms with E-state index in [1.807, 2.05) is 19.9 Å². The number of pyridine rings is 1. The second-order valence-electron chi connectivity index (χ2n) is 7.35. The zero-order chi connectivity index (χ0) is 22.3. The van der Waals surface area contributed by atoms with Gasteiger partial charge in [0.05, 0.1) is 4.90 Å². The Morgan fingerprint density at radius 3 is 2.56 bits per heavy atom. The molecule has 0 saturated carbocycles. The predicted molar refractivity (Wildman–Crippen MR) is 119 cm³/mol. The minimum atomic E-state index is -3.77. The molecule has 0 unspecified atom stereocenters. The molecule has 5 rings (SSSR count). The molecule has 8 nitrogen and oxygen atoms in total. The number of nitrogens with zero attached hydrogens (tertiary/aromatic N) is 3. The Hall–Kier alpha value is -3.98. The third-order valence-corrected chi connectivity index (χ3v) is 6.43. The van der Waals surface area contributed by atoms with Gasteiger partial charge in [-0.15, -0.1) is 0 Å². The van der Waals surface area contributed by atoms with E-state index in [1.54, 1.807) is 54.9 Å². The Morgan fingerprint density at radius 1 is 0.969 bits per heavy atom. The molecule has 32 heavy (non-hydrogen) atoms. The van der Waals surface area contributed by atoms with Crippen LogP contribution in [-0.4, -0.2) is 23.5 Å². The van der Waals surface area contributed by atoms with Crippen LogP contribution in [0.1, 0.15) is 11.1 Å². The van der Waals surface area contributed by atoms with E-state index in [1.165, 1.54) is 6.07 Å². The van der Waals surface area contributed by atoms with Gasteiger partial charge in [-0.2, -0.15) is 4.98 Å². The summed E-state index contributed by atoms with van der Waals surface area (Å²) in [6, 6.07) is 15.4. The SMILES string of the molecule is Cc1cccc(NS(=O)(=O)c2ccc3oc(-c4nc(-c5ccncc5)no4)c(C)c3c2)c1. The maximum atomic E-state index is 12.9. The normalized spacial score (nSPS) is 11.7. The maximum absolute atomic E-state index is 12.9. The van der Waals surface area contributed by atoms with Crippen molar-refractivity contribution in [1.82, 2.24) is 15.1 Å². The lowest BCUT2D eigenvalue weighted by Gasteiger charge is -2.08. The van der Waals surface area contributed by atoms with Crippen molar-refractivity contribution in [3.05, 3.63) is 78.1 Å². The number of fused-ring (bicyclic) bond motifs is 1. The van der Waals surface area contributed by atoms with Crippen LogP contribution in [0.5, 0.6) is 0 Å². The zero-order valence-corrected chi connectivity index (χ0v) is 18.1. The fraction of sp³-hybridized carbons (Fsp3) is 0.0870. The van der Waals surface area contributed by atoms with E-state index in [0.717, 1.165) is 11.1 Å². The van der Waals surface area contributed by atoms with Crippen LogP contribution in [-0.2, 0) is 10.0 Å². The van der Waals surface area contributed by atoms with Gasteiger partial charge in [-0.05, 0) is 61.9 Å². The summed E-state index contributed by atoms with van der Waals surface area (Å²) in [5.74, 6) is 1.02. The monoisotopic (exact) mass is 446 g/mol. The van der Waals surface area contributed by atoms with Crippen molar-refractivity contribution in [2.24, 2.45) is 0 Å². The molecule has 160 valence electrons. The molecule has 0 saturated heterocycles. The minimum Gasteiger partial charge on any atom is -0.451 e. The molecule has 3 heterocycles. The molecular weight excluding hydrogens is 428 g/mol. The Balaban J connectivity index is 1.51. The average molecular weight is 446 g/mol. The van der Waals surface area contributed by atoms with Crippen molar-refractivity contribution in [3.63, 3.8) is 0 Å². The predicted octanol–water partition coefficient (Wildman–Crippen LogP) is 4.96. The van der Waals surface area contributed by atoms with Gasteiger partial charge in [0.25, 0.3) is 15.9 Å². The number of anilines is 1. The van der Waals surface area contributed by atoms with Gasteiger partial charge < -0.3 is 8.94 Å². The number of aromatic nitrogens is 3. The lowest BCUT2D eigenvalue weighted by Crippen LogP contribution is -2.12. The Bertz CT molecular complexity index is 1540. The van der Waals surface area contributed by atoms with Gasteiger partial charge in [-0.1, -0.05) is 17.3 Å². The number of sulfonamides is 1. The fourth-order valence-corrected chi connectivity index (χ4v) is 4.50. The lowest BCUT2D eigenvalue weighted by molar-refractivity contribution is 0.419. The largest absolute Gasteiger partial charge is 0.451 e. The maximum Gasteiger partial charge on any atom is 0.294 e. The highest BCUT2D eigenvalue weighted by Gasteiger charge is 2.22. The lowest BCUT2D eigenvalue weighted by atomic mass is 10.1. The summed E-state index contributed by atoms with van der Waals surface area (Å²) in [7, 11) is -3.77. The highest BCUT2D eigenvalue weighted by molar-refractivity contribution is 7.92. The fourth-order valence-electron chi connectivity index (χ4n) is 3.43. The van der Waals surface area contributed by atoms with Gasteiger partial charge in [-0.3, -0.25) is 9.71 Å². The summed E-state index contributed by atoms with van der Waals surface area (Å²) in [5.41, 5.74) is 3.46. The topological polar surface area (TPSA) is 111 Å². The number of nitrogens with one attached hydrogen (secondary N) is 1. The first-order valence-electron chi connectivity index (χ1n) is 9.78. The molecule has 0 amide bonds. The number of aryl methyl sites for hydroxylation is 2. The third-order valence-electron chi connectivity index (χ3n) is 5.05. The molecule has 0 fully saturated rings. The highest BCUT2D eigenvalue weighted by atomic mass is 32.2. The average Bonchev–Trinajstić information content (AvgIpc) is 3.39. The Kier molecular flexibility index (Phi) is 4.75. The standard InChI is InChI=1S/C23H18N4O4S/c1-14-4-3-5-17(12-14)27-32(28,29)18-6-7-20-19(13-18)15(2)21(30-20)23-25-22(26-31-23)16-8-10-24-11-9-16/h3-13,27H,1-2H3. The number of furan rings is 1. The molecule has 0 aliphatic heterocycles. The van der Waals surface area contributed by atoms with Crippen molar-refractivity contribution in [3.8, 4) is 23.0 Å². The van der Waals surface area contributed by atoms with E-state index in [0.29, 0.717) is 33.8 Å². The van der Waals surface area contributed by atoms with Crippen molar-refractivity contribution in [2.45, 2.75) is 18.7 Å². The molecule has 1 N–H and O–H groups in total. The molecule has 0 aliphatic carbocycles. The summed E-state index contributed by atoms with van der Waals surface area (Å²) in [4.78, 5) is 8.52. The molecule has 0 spiro atoms. The van der Waals surface area contributed by atoms with Crippen LogP contribution in [0, 0.1) is 13.8 Å². The van der Waals surface area contributed by atoms with Crippen molar-refractivity contribution >= 4 is 26.7 Å². The van der Waals surface area contributed by atoms with Crippen LogP contribution in [0.25, 0.3) is 34.0 Å². The van der Waals surface area contributed by atoms with Gasteiger partial charge in [0.2, 0.25) is 5.82 Å². The Morgan fingerprint density at radius 2 is 1.78 bits per heavy atom. The quantitative estimate of drug-likeness (QED) is 0.406. The zero-order valence-electron chi connectivity index (χ0n) is 17.2. The van der Waals surface area contributed by atoms with Crippen molar-refractivity contribution in [2.75, 3.05) is 4.72 Å². The molecule has 0 atom stereocenters. The van der Waals surface area contributed by atoms with Gasteiger partial charge in [0.1, 0.15) is 5.58 Å². The summed E-state index contributed by atoms with van der Waals surface area (Å²) in [5, 5.41) is 4.65. The van der Waals surface area contributed by atoms with Crippen LogP contribution >= 0.6 is 0 Å². The summed E-state index contributed by atoms with van der Waals surface area (Å²) >= 11 is 0. The van der Waals surface area contributed by atoms with E-state index < -0.39 is 10.0 Å². The van der Waals surface area contributed by atoms with Crippen molar-refractivity contribution in [1.29, 1.82) is 0 Å². The molecule has 0 bridgehead atoms. The van der Waals surface area contributed by atoms with Crippen molar-refractivity contribution < 1.29 is 17.4 Å². The van der Waals surface area contributed by atoms with E-state index >= 15 is 0 Å². The number of hydrogen-bond acceptors (Lipinski definition) is 7. The molecule has 9 heteroatoms. The van der Waals surface area contributed by atoms with Gasteiger partial charge in [0, 0.05) is 34.6 Å². The molecule has 0 radical (unpaired) electrons. The molecule has 0 aliphatic rings. The van der Waals surface area contributed by atoms with Gasteiger partial charge in [0.15, 0.2) is 5.76 Å². The second-order valence-corrected chi connectivity index (χ2v) is 9.03. The number of rotatable bonds is 5. The molecule has 3 aromatic heterocycles. The van der Waals surface area contributed by atoms with E-state index in [4.69, 9.17) is 8.94 Å². The first kappa shape index (κ1) is 20.0. The van der Waals surface area contributed by atoms with Gasteiger partial charge in [-0.25, -0.2) is 8.42 Å². The molecule has 2 aromatic carbocycles. The minimum absolute atomic E-state index is 0.130. The van der Waals surface area contributed by atoms with Crippen LogP contribution in [0.4, 0.5) is 5.69 Å². The smallest absolute Gasteiger partial charge is 0.294 e. The van der Waals surface area contributed by atoms with E-state index in [-0.39, 0.29) is 10.8 Å². The van der Waals surface area contributed by atoms with Crippen LogP contribution in [0.3, 0.4) is 0 Å². The van der Waals surface area contributed by atoms with E-state index in [9.17, 15) is 8.42 Å². The summed E-state index contributed by atoms with van der Waals surface area (Å²) in [6.45, 7) is 3.72. The number of hydrogen-bond donors (Lipinski definition) is 1. The van der Waals surface area contributed by atoms with Crippen LogP contribution in [0.2, 0.25) is 0 Å². The van der Waals surface area contributed by atoms with Crippen LogP contribution < -0.4 is 4.72 Å². The Labute approximate surface area is 184 Å². The highest BCUT2D eigenvalue weighted by Crippen LogP contribution is 2.34. The number of benzene rings is 2.